The van der Waals surface area contributed by atoms with Crippen molar-refractivity contribution in [2.24, 2.45) is 5.73 Å². The molecule has 0 radical (unpaired) electrons. The van der Waals surface area contributed by atoms with E-state index in [4.69, 9.17) is 17.3 Å². The third-order valence-electron chi connectivity index (χ3n) is 2.21. The summed E-state index contributed by atoms with van der Waals surface area (Å²) in [6.45, 7) is -0.768. The Balaban J connectivity index is 3.05. The van der Waals surface area contributed by atoms with Gasteiger partial charge in [-0.3, -0.25) is 4.39 Å². The zero-order chi connectivity index (χ0) is 13.8. The predicted octanol–water partition coefficient (Wildman–Crippen LogP) is 1.58. The molecule has 18 heavy (non-hydrogen) atoms. The zero-order valence-corrected chi connectivity index (χ0v) is 11.0. The molecule has 0 fully saturated rings. The number of rotatable bonds is 6. The van der Waals surface area contributed by atoms with Gasteiger partial charge in [0.1, 0.15) is 5.82 Å². The number of halogens is 3. The molecule has 0 atom stereocenters. The van der Waals surface area contributed by atoms with Crippen LogP contribution in [0.25, 0.3) is 0 Å². The van der Waals surface area contributed by atoms with E-state index in [1.807, 2.05) is 0 Å². The lowest BCUT2D eigenvalue weighted by Crippen LogP contribution is -2.25. The number of benzene rings is 1. The Kier molecular flexibility index (Phi) is 5.46. The Labute approximate surface area is 109 Å². The third kappa shape index (κ3) is 3.61. The molecular formula is C10H13ClF2N2O2S. The average Bonchev–Trinajstić information content (AvgIpc) is 2.32. The number of hydrogen-bond donors (Lipinski definition) is 2. The molecule has 0 aliphatic carbocycles. The fourth-order valence-corrected chi connectivity index (χ4v) is 2.60. The van der Waals surface area contributed by atoms with Gasteiger partial charge in [0.2, 0.25) is 10.0 Å². The van der Waals surface area contributed by atoms with Gasteiger partial charge in [0.15, 0.2) is 0 Å². The maximum atomic E-state index is 13.4. The van der Waals surface area contributed by atoms with Crippen molar-refractivity contribution >= 4 is 21.6 Å². The average molecular weight is 299 g/mol. The molecule has 8 heteroatoms. The van der Waals surface area contributed by atoms with Crippen LogP contribution in [0.1, 0.15) is 12.0 Å². The van der Waals surface area contributed by atoms with Gasteiger partial charge >= 0.3 is 0 Å². The van der Waals surface area contributed by atoms with Gasteiger partial charge in [-0.1, -0.05) is 11.6 Å². The minimum atomic E-state index is -3.88. The molecule has 102 valence electrons. The second-order valence-electron chi connectivity index (χ2n) is 3.52. The van der Waals surface area contributed by atoms with Gasteiger partial charge in [-0.15, -0.1) is 0 Å². The topological polar surface area (TPSA) is 72.2 Å². The second-order valence-corrected chi connectivity index (χ2v) is 5.67. The van der Waals surface area contributed by atoms with E-state index in [0.29, 0.717) is 0 Å². The van der Waals surface area contributed by atoms with Crippen LogP contribution in [0.2, 0.25) is 5.02 Å². The SMILES string of the molecule is NCc1cc(S(=O)(=O)NCCCF)cc(F)c1Cl. The highest BCUT2D eigenvalue weighted by Crippen LogP contribution is 2.24. The largest absolute Gasteiger partial charge is 0.326 e. The predicted molar refractivity (Wildman–Crippen MR) is 65.1 cm³/mol. The smallest absolute Gasteiger partial charge is 0.240 e. The third-order valence-corrected chi connectivity index (χ3v) is 4.07. The molecular weight excluding hydrogens is 286 g/mol. The Bertz CT molecular complexity index is 523. The summed E-state index contributed by atoms with van der Waals surface area (Å²) in [5.74, 6) is -0.856. The summed E-state index contributed by atoms with van der Waals surface area (Å²) >= 11 is 5.62. The maximum Gasteiger partial charge on any atom is 0.240 e. The standard InChI is InChI=1S/C10H13ClF2N2O2S/c11-10-7(6-14)4-8(5-9(10)13)18(16,17)15-3-1-2-12/h4-5,15H,1-3,6,14H2. The van der Waals surface area contributed by atoms with Crippen LogP contribution in [0.5, 0.6) is 0 Å². The molecule has 0 unspecified atom stereocenters. The molecule has 4 nitrogen and oxygen atoms in total. The maximum absolute atomic E-state index is 13.4. The van der Waals surface area contributed by atoms with Gasteiger partial charge in [-0.25, -0.2) is 17.5 Å². The van der Waals surface area contributed by atoms with Crippen molar-refractivity contribution in [1.29, 1.82) is 0 Å². The summed E-state index contributed by atoms with van der Waals surface area (Å²) in [5.41, 5.74) is 5.53. The number of alkyl halides is 1. The zero-order valence-electron chi connectivity index (χ0n) is 9.42. The Morgan fingerprint density at radius 1 is 1.39 bits per heavy atom. The summed E-state index contributed by atoms with van der Waals surface area (Å²) in [4.78, 5) is -0.274. The molecule has 0 aromatic heterocycles. The molecule has 0 saturated carbocycles. The lowest BCUT2D eigenvalue weighted by atomic mass is 10.2. The van der Waals surface area contributed by atoms with Gasteiger partial charge in [0.25, 0.3) is 0 Å². The normalized spacial score (nSPS) is 11.8. The van der Waals surface area contributed by atoms with E-state index in [-0.39, 0.29) is 35.0 Å². The summed E-state index contributed by atoms with van der Waals surface area (Å²) in [7, 11) is -3.88. The van der Waals surface area contributed by atoms with Crippen LogP contribution >= 0.6 is 11.6 Å². The van der Waals surface area contributed by atoms with Gasteiger partial charge in [-0.05, 0) is 24.1 Å². The minimum Gasteiger partial charge on any atom is -0.326 e. The van der Waals surface area contributed by atoms with Crippen LogP contribution in [0, 0.1) is 5.82 Å². The molecule has 3 N–H and O–H groups in total. The van der Waals surface area contributed by atoms with Gasteiger partial charge in [0, 0.05) is 13.1 Å². The van der Waals surface area contributed by atoms with E-state index in [1.165, 1.54) is 6.07 Å². The molecule has 0 bridgehead atoms. The molecule has 0 aliphatic rings. The van der Waals surface area contributed by atoms with Crippen molar-refractivity contribution < 1.29 is 17.2 Å². The van der Waals surface area contributed by atoms with Gasteiger partial charge < -0.3 is 5.73 Å². The Morgan fingerprint density at radius 3 is 2.61 bits per heavy atom. The van der Waals surface area contributed by atoms with Crippen LogP contribution in [-0.4, -0.2) is 21.6 Å². The highest BCUT2D eigenvalue weighted by molar-refractivity contribution is 7.89. The van der Waals surface area contributed by atoms with Crippen LogP contribution in [-0.2, 0) is 16.6 Å². The quantitative estimate of drug-likeness (QED) is 0.783. The van der Waals surface area contributed by atoms with Crippen molar-refractivity contribution in [2.75, 3.05) is 13.2 Å². The first kappa shape index (κ1) is 15.3. The Hall–Kier alpha value is -0.760. The molecule has 0 spiro atoms. The molecule has 0 saturated heterocycles. The molecule has 1 aromatic rings. The number of nitrogens with two attached hydrogens (primary N) is 1. The first-order valence-corrected chi connectivity index (χ1v) is 7.02. The first-order chi connectivity index (χ1) is 8.42. The van der Waals surface area contributed by atoms with E-state index in [9.17, 15) is 17.2 Å². The van der Waals surface area contributed by atoms with E-state index >= 15 is 0 Å². The lowest BCUT2D eigenvalue weighted by Gasteiger charge is -2.09. The lowest BCUT2D eigenvalue weighted by molar-refractivity contribution is 0.470. The second kappa shape index (κ2) is 6.42. The molecule has 1 aromatic carbocycles. The van der Waals surface area contributed by atoms with Gasteiger partial charge in [-0.2, -0.15) is 0 Å². The molecule has 0 heterocycles. The van der Waals surface area contributed by atoms with Gasteiger partial charge in [0.05, 0.1) is 16.6 Å². The summed E-state index contributed by atoms with van der Waals surface area (Å²) in [6.07, 6.45) is 0.0546. The summed E-state index contributed by atoms with van der Waals surface area (Å²) in [5, 5.41) is -0.194. The molecule has 0 aliphatic heterocycles. The van der Waals surface area contributed by atoms with Crippen molar-refractivity contribution in [3.8, 4) is 0 Å². The highest BCUT2D eigenvalue weighted by Gasteiger charge is 2.18. The van der Waals surface area contributed by atoms with Crippen molar-refractivity contribution in [1.82, 2.24) is 4.72 Å². The van der Waals surface area contributed by atoms with Crippen molar-refractivity contribution in [3.63, 3.8) is 0 Å². The monoisotopic (exact) mass is 298 g/mol. The summed E-state index contributed by atoms with van der Waals surface area (Å²) in [6, 6.07) is 2.00. The first-order valence-electron chi connectivity index (χ1n) is 5.16. The van der Waals surface area contributed by atoms with E-state index in [1.54, 1.807) is 0 Å². The van der Waals surface area contributed by atoms with Crippen molar-refractivity contribution in [3.05, 3.63) is 28.5 Å². The summed E-state index contributed by atoms with van der Waals surface area (Å²) < 4.78 is 50.9. The Morgan fingerprint density at radius 2 is 2.06 bits per heavy atom. The van der Waals surface area contributed by atoms with Crippen LogP contribution < -0.4 is 10.5 Å². The minimum absolute atomic E-state index is 0.0545. The van der Waals surface area contributed by atoms with E-state index in [2.05, 4.69) is 4.72 Å². The fourth-order valence-electron chi connectivity index (χ4n) is 1.28. The number of sulfonamides is 1. The van der Waals surface area contributed by atoms with E-state index < -0.39 is 22.5 Å². The molecule has 0 amide bonds. The highest BCUT2D eigenvalue weighted by atomic mass is 35.5. The van der Waals surface area contributed by atoms with Crippen LogP contribution in [0.4, 0.5) is 8.78 Å². The fraction of sp³-hybridized carbons (Fsp3) is 0.400. The van der Waals surface area contributed by atoms with E-state index in [0.717, 1.165) is 6.07 Å². The van der Waals surface area contributed by atoms with Crippen LogP contribution in [0.15, 0.2) is 17.0 Å². The number of hydrogen-bond acceptors (Lipinski definition) is 3. The van der Waals surface area contributed by atoms with Crippen LogP contribution in [0.3, 0.4) is 0 Å². The number of nitrogens with one attached hydrogen (secondary N) is 1. The van der Waals surface area contributed by atoms with Crippen molar-refractivity contribution in [2.45, 2.75) is 17.9 Å². The molecule has 1 rings (SSSR count).